The van der Waals surface area contributed by atoms with E-state index in [2.05, 4.69) is 0 Å². The lowest BCUT2D eigenvalue weighted by Crippen LogP contribution is -2.01. The lowest BCUT2D eigenvalue weighted by molar-refractivity contribution is 0.295. The van der Waals surface area contributed by atoms with Crippen molar-refractivity contribution in [3.05, 3.63) is 42.7 Å². The first-order valence-corrected chi connectivity index (χ1v) is 6.06. The molecule has 0 radical (unpaired) electrons. The number of hydrogen-bond acceptors (Lipinski definition) is 4. The van der Waals surface area contributed by atoms with Gasteiger partial charge in [0.05, 0.1) is 18.3 Å². The van der Waals surface area contributed by atoms with E-state index in [1.807, 2.05) is 0 Å². The molecule has 0 saturated heterocycles. The van der Waals surface area contributed by atoms with Crippen LogP contribution in [0.3, 0.4) is 0 Å². The molecule has 4 nitrogen and oxygen atoms in total. The fourth-order valence-corrected chi connectivity index (χ4v) is 2.71. The van der Waals surface area contributed by atoms with Crippen LogP contribution in [0.1, 0.15) is 0 Å². The van der Waals surface area contributed by atoms with Crippen molar-refractivity contribution in [2.75, 3.05) is 7.11 Å². The van der Waals surface area contributed by atoms with E-state index in [-0.39, 0.29) is 15.7 Å². The Balaban J connectivity index is 2.56. The van der Waals surface area contributed by atoms with Crippen LogP contribution in [-0.2, 0) is 9.84 Å². The predicted molar refractivity (Wildman–Crippen MR) is 57.2 cm³/mol. The normalized spacial score (nSPS) is 11.3. The van der Waals surface area contributed by atoms with E-state index in [1.165, 1.54) is 31.6 Å². The maximum atomic E-state index is 12.1. The van der Waals surface area contributed by atoms with E-state index in [1.54, 1.807) is 18.2 Å². The third kappa shape index (κ3) is 1.69. The van der Waals surface area contributed by atoms with Gasteiger partial charge in [0.1, 0.15) is 0 Å². The third-order valence-corrected chi connectivity index (χ3v) is 3.90. The van der Waals surface area contributed by atoms with Crippen LogP contribution in [-0.4, -0.2) is 15.5 Å². The summed E-state index contributed by atoms with van der Waals surface area (Å²) in [6, 6.07) is 9.52. The summed E-state index contributed by atoms with van der Waals surface area (Å²) >= 11 is 0. The van der Waals surface area contributed by atoms with Gasteiger partial charge in [-0.2, -0.15) is 0 Å². The Morgan fingerprint density at radius 2 is 1.81 bits per heavy atom. The molecule has 0 aliphatic rings. The Kier molecular flexibility index (Phi) is 2.70. The van der Waals surface area contributed by atoms with Crippen LogP contribution in [0.15, 0.2) is 56.9 Å². The predicted octanol–water partition coefficient (Wildman–Crippen LogP) is 2.12. The SMILES string of the molecule is COc1occc1S(=O)(=O)c1ccccc1. The van der Waals surface area contributed by atoms with Crippen molar-refractivity contribution in [2.24, 2.45) is 0 Å². The molecule has 0 atom stereocenters. The minimum atomic E-state index is -3.56. The van der Waals surface area contributed by atoms with Crippen molar-refractivity contribution >= 4 is 9.84 Å². The lowest BCUT2D eigenvalue weighted by atomic mass is 10.4. The minimum Gasteiger partial charge on any atom is -0.468 e. The van der Waals surface area contributed by atoms with Gasteiger partial charge >= 0.3 is 5.95 Å². The number of ether oxygens (including phenoxy) is 1. The fraction of sp³-hybridized carbons (Fsp3) is 0.0909. The summed E-state index contributed by atoms with van der Waals surface area (Å²) in [5, 5.41) is 0. The van der Waals surface area contributed by atoms with Gasteiger partial charge in [-0.05, 0) is 18.2 Å². The molecule has 0 spiro atoms. The van der Waals surface area contributed by atoms with E-state index in [4.69, 9.17) is 9.15 Å². The zero-order valence-electron chi connectivity index (χ0n) is 8.58. The van der Waals surface area contributed by atoms with Crippen LogP contribution >= 0.6 is 0 Å². The molecule has 5 heteroatoms. The second kappa shape index (κ2) is 4.02. The molecular weight excluding hydrogens is 228 g/mol. The fourth-order valence-electron chi connectivity index (χ4n) is 1.36. The van der Waals surface area contributed by atoms with E-state index in [0.717, 1.165) is 0 Å². The Bertz CT molecular complexity index is 569. The molecule has 0 aliphatic heterocycles. The molecule has 0 aliphatic carbocycles. The average molecular weight is 238 g/mol. The second-order valence-electron chi connectivity index (χ2n) is 3.09. The van der Waals surface area contributed by atoms with Crippen molar-refractivity contribution < 1.29 is 17.6 Å². The molecule has 0 fully saturated rings. The molecule has 1 aromatic carbocycles. The second-order valence-corrected chi connectivity index (χ2v) is 5.01. The number of benzene rings is 1. The largest absolute Gasteiger partial charge is 0.468 e. The highest BCUT2D eigenvalue weighted by atomic mass is 32.2. The monoisotopic (exact) mass is 238 g/mol. The summed E-state index contributed by atoms with van der Waals surface area (Å²) in [6.07, 6.45) is 1.29. The van der Waals surface area contributed by atoms with Crippen molar-refractivity contribution in [1.82, 2.24) is 0 Å². The topological polar surface area (TPSA) is 56.5 Å². The highest BCUT2D eigenvalue weighted by Gasteiger charge is 2.24. The van der Waals surface area contributed by atoms with Gasteiger partial charge in [-0.1, -0.05) is 18.2 Å². The van der Waals surface area contributed by atoms with Crippen LogP contribution in [0.4, 0.5) is 0 Å². The van der Waals surface area contributed by atoms with E-state index < -0.39 is 9.84 Å². The molecule has 0 unspecified atom stereocenters. The van der Waals surface area contributed by atoms with Crippen molar-refractivity contribution in [1.29, 1.82) is 0 Å². The molecule has 0 amide bonds. The summed E-state index contributed by atoms with van der Waals surface area (Å²) in [6.45, 7) is 0. The van der Waals surface area contributed by atoms with Gasteiger partial charge in [-0.25, -0.2) is 8.42 Å². The summed E-state index contributed by atoms with van der Waals surface area (Å²) in [4.78, 5) is 0.260. The Morgan fingerprint density at radius 3 is 2.44 bits per heavy atom. The molecule has 0 saturated carbocycles. The Hall–Kier alpha value is -1.75. The quantitative estimate of drug-likeness (QED) is 0.821. The molecule has 1 aromatic heterocycles. The van der Waals surface area contributed by atoms with Crippen LogP contribution in [0.2, 0.25) is 0 Å². The summed E-state index contributed by atoms with van der Waals surface area (Å²) in [5.74, 6) is 0.00357. The van der Waals surface area contributed by atoms with E-state index in [0.29, 0.717) is 0 Å². The molecule has 0 N–H and O–H groups in total. The van der Waals surface area contributed by atoms with Gasteiger partial charge < -0.3 is 9.15 Å². The molecule has 2 rings (SSSR count). The first kappa shape index (κ1) is 10.8. The maximum Gasteiger partial charge on any atom is 0.303 e. The highest BCUT2D eigenvalue weighted by Crippen LogP contribution is 2.29. The summed E-state index contributed by atoms with van der Waals surface area (Å²) in [7, 11) is -2.19. The standard InChI is InChI=1S/C11H10O4S/c1-14-11-10(7-8-15-11)16(12,13)9-5-3-2-4-6-9/h2-8H,1H3. The van der Waals surface area contributed by atoms with E-state index >= 15 is 0 Å². The van der Waals surface area contributed by atoms with Crippen LogP contribution in [0.5, 0.6) is 5.95 Å². The van der Waals surface area contributed by atoms with Gasteiger partial charge in [0, 0.05) is 0 Å². The first-order chi connectivity index (χ1) is 7.66. The van der Waals surface area contributed by atoms with Gasteiger partial charge in [-0.15, -0.1) is 0 Å². The highest BCUT2D eigenvalue weighted by molar-refractivity contribution is 7.91. The number of furan rings is 1. The van der Waals surface area contributed by atoms with Crippen molar-refractivity contribution in [3.63, 3.8) is 0 Å². The van der Waals surface area contributed by atoms with Gasteiger partial charge in [0.25, 0.3) is 0 Å². The smallest absolute Gasteiger partial charge is 0.303 e. The van der Waals surface area contributed by atoms with Crippen molar-refractivity contribution in [3.8, 4) is 5.95 Å². The molecular formula is C11H10O4S. The van der Waals surface area contributed by atoms with Crippen LogP contribution in [0.25, 0.3) is 0 Å². The van der Waals surface area contributed by atoms with Crippen LogP contribution < -0.4 is 4.74 Å². The molecule has 0 bridgehead atoms. The maximum absolute atomic E-state index is 12.1. The molecule has 16 heavy (non-hydrogen) atoms. The van der Waals surface area contributed by atoms with Gasteiger partial charge in [0.15, 0.2) is 4.90 Å². The number of sulfone groups is 1. The molecule has 84 valence electrons. The number of methoxy groups -OCH3 is 1. The van der Waals surface area contributed by atoms with Gasteiger partial charge in [-0.3, -0.25) is 0 Å². The van der Waals surface area contributed by atoms with Crippen LogP contribution in [0, 0.1) is 0 Å². The zero-order valence-corrected chi connectivity index (χ0v) is 9.40. The molecule has 2 aromatic rings. The molecule has 1 heterocycles. The summed E-state index contributed by atoms with van der Waals surface area (Å²) < 4.78 is 34.0. The van der Waals surface area contributed by atoms with Crippen molar-refractivity contribution in [2.45, 2.75) is 9.79 Å². The average Bonchev–Trinajstić information content (AvgIpc) is 2.79. The van der Waals surface area contributed by atoms with Gasteiger partial charge in [0.2, 0.25) is 9.84 Å². The Morgan fingerprint density at radius 1 is 1.12 bits per heavy atom. The third-order valence-electron chi connectivity index (χ3n) is 2.12. The lowest BCUT2D eigenvalue weighted by Gasteiger charge is -2.03. The zero-order chi connectivity index (χ0) is 11.6. The first-order valence-electron chi connectivity index (χ1n) is 4.58. The number of rotatable bonds is 3. The Labute approximate surface area is 93.4 Å². The summed E-state index contributed by atoms with van der Waals surface area (Å²) in [5.41, 5.74) is 0. The minimum absolute atomic E-state index is 0.00357. The number of hydrogen-bond donors (Lipinski definition) is 0. The van der Waals surface area contributed by atoms with E-state index in [9.17, 15) is 8.42 Å².